The number of hydrogen-bond acceptors (Lipinski definition) is 3. The van der Waals surface area contributed by atoms with E-state index in [4.69, 9.17) is 0 Å². The number of rotatable bonds is 2. The molecule has 0 N–H and O–H groups in total. The highest BCUT2D eigenvalue weighted by atomic mass is 15.0. The van der Waals surface area contributed by atoms with E-state index < -0.39 is 0 Å². The molecule has 0 atom stereocenters. The van der Waals surface area contributed by atoms with E-state index in [1.54, 1.807) is 6.33 Å². The fourth-order valence-electron chi connectivity index (χ4n) is 2.06. The Labute approximate surface area is 112 Å². The Hall–Kier alpha value is -2.29. The first-order valence-electron chi connectivity index (χ1n) is 6.46. The quantitative estimate of drug-likeness (QED) is 0.816. The number of allylic oxidation sites excluding steroid dienone is 4. The maximum atomic E-state index is 4.55. The van der Waals surface area contributed by atoms with Crippen molar-refractivity contribution in [3.8, 4) is 11.4 Å². The fourth-order valence-corrected chi connectivity index (χ4v) is 2.06. The first kappa shape index (κ1) is 11.8. The lowest BCUT2D eigenvalue weighted by atomic mass is 10.1. The molecule has 3 nitrogen and oxygen atoms in total. The summed E-state index contributed by atoms with van der Waals surface area (Å²) in [6.45, 7) is 2.07. The summed E-state index contributed by atoms with van der Waals surface area (Å²) >= 11 is 0. The molecule has 0 radical (unpaired) electrons. The predicted molar refractivity (Wildman–Crippen MR) is 76.4 cm³/mol. The van der Waals surface area contributed by atoms with Gasteiger partial charge in [-0.2, -0.15) is 0 Å². The average Bonchev–Trinajstić information content (AvgIpc) is 2.49. The molecule has 0 saturated heterocycles. The maximum Gasteiger partial charge on any atom is 0.163 e. The minimum absolute atomic E-state index is 0.727. The van der Waals surface area contributed by atoms with Gasteiger partial charge in [0.2, 0.25) is 0 Å². The molecule has 2 aromatic rings. The normalized spacial score (nSPS) is 14.3. The minimum atomic E-state index is 0.727. The van der Waals surface area contributed by atoms with Crippen LogP contribution in [-0.2, 0) is 0 Å². The standard InChI is InChI=1S/C16H15N3/c1-12-7-9-14(10-8-12)16-18-11-17-15(19-16)13-5-3-2-4-6-13/h3,5-11H,2,4H2,1H3. The predicted octanol–water partition coefficient (Wildman–Crippen LogP) is 3.58. The van der Waals surface area contributed by atoms with Crippen LogP contribution < -0.4 is 0 Å². The van der Waals surface area contributed by atoms with Crippen LogP contribution in [0.25, 0.3) is 17.0 Å². The Balaban J connectivity index is 1.98. The van der Waals surface area contributed by atoms with Gasteiger partial charge in [0.15, 0.2) is 11.6 Å². The van der Waals surface area contributed by atoms with E-state index in [-0.39, 0.29) is 0 Å². The van der Waals surface area contributed by atoms with Gasteiger partial charge in [0.25, 0.3) is 0 Å². The highest BCUT2D eigenvalue weighted by Gasteiger charge is 2.07. The van der Waals surface area contributed by atoms with Crippen LogP contribution in [0.2, 0.25) is 0 Å². The molecule has 94 valence electrons. The molecule has 0 unspecified atom stereocenters. The van der Waals surface area contributed by atoms with E-state index in [9.17, 15) is 0 Å². The molecule has 1 aromatic carbocycles. The molecule has 1 aliphatic rings. The molecule has 0 spiro atoms. The molecule has 1 aliphatic carbocycles. The number of aryl methyl sites for hydroxylation is 1. The minimum Gasteiger partial charge on any atom is -0.217 e. The number of hydrogen-bond donors (Lipinski definition) is 0. The summed E-state index contributed by atoms with van der Waals surface area (Å²) in [7, 11) is 0. The molecule has 0 bridgehead atoms. The van der Waals surface area contributed by atoms with Crippen molar-refractivity contribution in [2.75, 3.05) is 0 Å². The van der Waals surface area contributed by atoms with Crippen LogP contribution in [0.3, 0.4) is 0 Å². The zero-order valence-corrected chi connectivity index (χ0v) is 10.9. The Morgan fingerprint density at radius 3 is 2.47 bits per heavy atom. The van der Waals surface area contributed by atoms with Gasteiger partial charge >= 0.3 is 0 Å². The summed E-state index contributed by atoms with van der Waals surface area (Å²) in [5, 5.41) is 0. The summed E-state index contributed by atoms with van der Waals surface area (Å²) in [5.74, 6) is 1.48. The van der Waals surface area contributed by atoms with Gasteiger partial charge in [-0.25, -0.2) is 15.0 Å². The van der Waals surface area contributed by atoms with Crippen molar-refractivity contribution in [1.82, 2.24) is 15.0 Å². The van der Waals surface area contributed by atoms with E-state index >= 15 is 0 Å². The molecule has 3 rings (SSSR count). The van der Waals surface area contributed by atoms with E-state index in [0.717, 1.165) is 35.6 Å². The van der Waals surface area contributed by atoms with Crippen LogP contribution in [0.4, 0.5) is 0 Å². The second kappa shape index (κ2) is 5.14. The third kappa shape index (κ3) is 2.60. The van der Waals surface area contributed by atoms with Gasteiger partial charge in [0.1, 0.15) is 6.33 Å². The van der Waals surface area contributed by atoms with Crippen LogP contribution in [0.1, 0.15) is 24.2 Å². The van der Waals surface area contributed by atoms with Gasteiger partial charge in [-0.3, -0.25) is 0 Å². The number of nitrogens with zero attached hydrogens (tertiary/aromatic N) is 3. The number of benzene rings is 1. The first-order chi connectivity index (χ1) is 9.33. The Morgan fingerprint density at radius 2 is 1.74 bits per heavy atom. The third-order valence-corrected chi connectivity index (χ3v) is 3.13. The van der Waals surface area contributed by atoms with E-state index in [0.29, 0.717) is 0 Å². The van der Waals surface area contributed by atoms with Crippen molar-refractivity contribution in [3.05, 3.63) is 60.2 Å². The molecular weight excluding hydrogens is 234 g/mol. The monoisotopic (exact) mass is 249 g/mol. The molecule has 1 aromatic heterocycles. The van der Waals surface area contributed by atoms with Crippen LogP contribution in [0.15, 0.2) is 48.8 Å². The molecule has 0 fully saturated rings. The van der Waals surface area contributed by atoms with Crippen LogP contribution in [0, 0.1) is 6.92 Å². The molecule has 0 aliphatic heterocycles. The third-order valence-electron chi connectivity index (χ3n) is 3.13. The maximum absolute atomic E-state index is 4.55. The van der Waals surface area contributed by atoms with Gasteiger partial charge in [-0.05, 0) is 19.8 Å². The second-order valence-corrected chi connectivity index (χ2v) is 4.64. The molecule has 0 saturated carbocycles. The van der Waals surface area contributed by atoms with Gasteiger partial charge in [0.05, 0.1) is 0 Å². The number of aromatic nitrogens is 3. The summed E-state index contributed by atoms with van der Waals surface area (Å²) in [6, 6.07) is 8.22. The summed E-state index contributed by atoms with van der Waals surface area (Å²) in [6.07, 6.45) is 10.1. The van der Waals surface area contributed by atoms with Crippen molar-refractivity contribution in [3.63, 3.8) is 0 Å². The lowest BCUT2D eigenvalue weighted by molar-refractivity contribution is 1.00. The van der Waals surface area contributed by atoms with Crippen LogP contribution >= 0.6 is 0 Å². The lowest BCUT2D eigenvalue weighted by Gasteiger charge is -2.06. The van der Waals surface area contributed by atoms with Crippen molar-refractivity contribution >= 4 is 5.57 Å². The van der Waals surface area contributed by atoms with Crippen molar-refractivity contribution in [2.45, 2.75) is 19.8 Å². The second-order valence-electron chi connectivity index (χ2n) is 4.64. The SMILES string of the molecule is Cc1ccc(-c2ncnc(C3=CCCC=C3)n2)cc1. The lowest BCUT2D eigenvalue weighted by Crippen LogP contribution is -1.98. The van der Waals surface area contributed by atoms with Crippen LogP contribution in [-0.4, -0.2) is 15.0 Å². The zero-order chi connectivity index (χ0) is 13.1. The summed E-state index contributed by atoms with van der Waals surface area (Å²) < 4.78 is 0. The van der Waals surface area contributed by atoms with Gasteiger partial charge < -0.3 is 0 Å². The summed E-state index contributed by atoms with van der Waals surface area (Å²) in [5.41, 5.74) is 3.34. The van der Waals surface area contributed by atoms with Gasteiger partial charge in [-0.15, -0.1) is 0 Å². The Kier molecular flexibility index (Phi) is 3.19. The highest BCUT2D eigenvalue weighted by molar-refractivity contribution is 5.71. The average molecular weight is 249 g/mol. The topological polar surface area (TPSA) is 38.7 Å². The van der Waals surface area contributed by atoms with Crippen LogP contribution in [0.5, 0.6) is 0 Å². The van der Waals surface area contributed by atoms with E-state index in [1.165, 1.54) is 5.56 Å². The Morgan fingerprint density at radius 1 is 0.947 bits per heavy atom. The first-order valence-corrected chi connectivity index (χ1v) is 6.46. The van der Waals surface area contributed by atoms with Gasteiger partial charge in [0, 0.05) is 11.1 Å². The highest BCUT2D eigenvalue weighted by Crippen LogP contribution is 2.20. The molecular formula is C16H15N3. The molecule has 1 heterocycles. The van der Waals surface area contributed by atoms with Gasteiger partial charge in [-0.1, -0.05) is 48.1 Å². The van der Waals surface area contributed by atoms with Crippen molar-refractivity contribution in [1.29, 1.82) is 0 Å². The summed E-state index contributed by atoms with van der Waals surface area (Å²) in [4.78, 5) is 13.1. The molecule has 19 heavy (non-hydrogen) atoms. The Bertz CT molecular complexity index is 639. The van der Waals surface area contributed by atoms with Crippen molar-refractivity contribution in [2.24, 2.45) is 0 Å². The zero-order valence-electron chi connectivity index (χ0n) is 10.9. The van der Waals surface area contributed by atoms with Crippen molar-refractivity contribution < 1.29 is 0 Å². The fraction of sp³-hybridized carbons (Fsp3) is 0.188. The smallest absolute Gasteiger partial charge is 0.163 e. The molecule has 0 amide bonds. The molecule has 3 heteroatoms. The van der Waals surface area contributed by atoms with E-state index in [2.05, 4.69) is 52.2 Å². The largest absolute Gasteiger partial charge is 0.217 e. The van der Waals surface area contributed by atoms with E-state index in [1.807, 2.05) is 12.1 Å².